The lowest BCUT2D eigenvalue weighted by Crippen LogP contribution is -2.61. The van der Waals surface area contributed by atoms with Crippen molar-refractivity contribution in [3.8, 4) is 0 Å². The molecule has 0 aromatic carbocycles. The van der Waals surface area contributed by atoms with E-state index < -0.39 is 0 Å². The summed E-state index contributed by atoms with van der Waals surface area (Å²) in [7, 11) is 0. The van der Waals surface area contributed by atoms with E-state index in [-0.39, 0.29) is 11.3 Å². The molecule has 0 unspecified atom stereocenters. The van der Waals surface area contributed by atoms with Crippen LogP contribution >= 0.6 is 0 Å². The zero-order valence-electron chi connectivity index (χ0n) is 8.82. The Morgan fingerprint density at radius 3 is 2.33 bits per heavy atom. The smallest absolute Gasteiger partial charge is 0.245 e. The van der Waals surface area contributed by atoms with Crippen LogP contribution in [-0.2, 0) is 9.59 Å². The van der Waals surface area contributed by atoms with Gasteiger partial charge in [0.05, 0.1) is 0 Å². The second-order valence-electron chi connectivity index (χ2n) is 4.54. The van der Waals surface area contributed by atoms with E-state index in [0.29, 0.717) is 0 Å². The van der Waals surface area contributed by atoms with Crippen LogP contribution in [0.5, 0.6) is 0 Å². The first kappa shape index (κ1) is 10.2. The van der Waals surface area contributed by atoms with Gasteiger partial charge in [-0.3, -0.25) is 9.59 Å². The second kappa shape index (κ2) is 3.68. The summed E-state index contributed by atoms with van der Waals surface area (Å²) in [5, 5.41) is 0. The first-order chi connectivity index (χ1) is 7.19. The fraction of sp³-hybridized carbons (Fsp3) is 0.636. The molecule has 0 aromatic rings. The molecule has 2 heterocycles. The molecule has 2 saturated heterocycles. The van der Waals surface area contributed by atoms with Gasteiger partial charge in [-0.2, -0.15) is 0 Å². The highest BCUT2D eigenvalue weighted by molar-refractivity contribution is 5.87. The summed E-state index contributed by atoms with van der Waals surface area (Å²) < 4.78 is 0. The highest BCUT2D eigenvalue weighted by atomic mass is 16.2. The third-order valence-corrected chi connectivity index (χ3v) is 3.55. The van der Waals surface area contributed by atoms with E-state index in [2.05, 4.69) is 6.58 Å². The van der Waals surface area contributed by atoms with Crippen molar-refractivity contribution in [1.82, 2.24) is 9.80 Å². The molecule has 0 saturated carbocycles. The van der Waals surface area contributed by atoms with Crippen LogP contribution in [0.25, 0.3) is 0 Å². The third-order valence-electron chi connectivity index (χ3n) is 3.55. The number of amides is 2. The number of rotatable bonds is 2. The fourth-order valence-electron chi connectivity index (χ4n) is 2.47. The SMILES string of the molecule is C=CC(=O)N1CC2(CCN(C=O)CC2)C1. The van der Waals surface area contributed by atoms with Gasteiger partial charge in [-0.1, -0.05) is 6.58 Å². The van der Waals surface area contributed by atoms with Crippen molar-refractivity contribution in [2.75, 3.05) is 26.2 Å². The summed E-state index contributed by atoms with van der Waals surface area (Å²) in [6, 6.07) is 0. The lowest BCUT2D eigenvalue weighted by molar-refractivity contribution is -0.143. The predicted molar refractivity (Wildman–Crippen MR) is 56.1 cm³/mol. The highest BCUT2D eigenvalue weighted by Crippen LogP contribution is 2.40. The predicted octanol–water partition coefficient (Wildman–Crippen LogP) is 0.253. The Hall–Kier alpha value is -1.32. The molecule has 0 atom stereocenters. The van der Waals surface area contributed by atoms with Crippen molar-refractivity contribution >= 4 is 12.3 Å². The van der Waals surface area contributed by atoms with Gasteiger partial charge in [0, 0.05) is 31.6 Å². The summed E-state index contributed by atoms with van der Waals surface area (Å²) in [4.78, 5) is 25.5. The maximum absolute atomic E-state index is 11.3. The Balaban J connectivity index is 1.85. The zero-order valence-corrected chi connectivity index (χ0v) is 8.82. The molecule has 82 valence electrons. The van der Waals surface area contributed by atoms with E-state index in [1.54, 1.807) is 0 Å². The largest absolute Gasteiger partial charge is 0.345 e. The normalized spacial score (nSPS) is 23.5. The third kappa shape index (κ3) is 1.76. The lowest BCUT2D eigenvalue weighted by Gasteiger charge is -2.53. The molecule has 2 amide bonds. The first-order valence-electron chi connectivity index (χ1n) is 5.30. The number of hydrogen-bond donors (Lipinski definition) is 0. The monoisotopic (exact) mass is 208 g/mol. The molecule has 1 spiro atoms. The molecule has 0 radical (unpaired) electrons. The molecule has 4 heteroatoms. The number of carbonyl (C=O) groups excluding carboxylic acids is 2. The topological polar surface area (TPSA) is 40.6 Å². The van der Waals surface area contributed by atoms with E-state index in [1.807, 2.05) is 9.80 Å². The van der Waals surface area contributed by atoms with Crippen LogP contribution in [0, 0.1) is 5.41 Å². The molecule has 0 aliphatic carbocycles. The summed E-state index contributed by atoms with van der Waals surface area (Å²) >= 11 is 0. The average molecular weight is 208 g/mol. The van der Waals surface area contributed by atoms with Gasteiger partial charge in [0.15, 0.2) is 0 Å². The van der Waals surface area contributed by atoms with Crippen molar-refractivity contribution in [3.05, 3.63) is 12.7 Å². The van der Waals surface area contributed by atoms with Crippen LogP contribution in [0.1, 0.15) is 12.8 Å². The number of carbonyl (C=O) groups is 2. The molecule has 2 rings (SSSR count). The van der Waals surface area contributed by atoms with Crippen molar-refractivity contribution in [2.24, 2.45) is 5.41 Å². The molecule has 0 aromatic heterocycles. The Morgan fingerprint density at radius 2 is 1.87 bits per heavy atom. The Labute approximate surface area is 89.5 Å². The Kier molecular flexibility index (Phi) is 2.50. The minimum absolute atomic E-state index is 0.0263. The summed E-state index contributed by atoms with van der Waals surface area (Å²) in [5.74, 6) is 0.0263. The van der Waals surface area contributed by atoms with Crippen LogP contribution in [0.2, 0.25) is 0 Å². The summed E-state index contributed by atoms with van der Waals surface area (Å²) in [6.07, 6.45) is 4.32. The van der Waals surface area contributed by atoms with Crippen LogP contribution in [0.15, 0.2) is 12.7 Å². The molecule has 4 nitrogen and oxygen atoms in total. The van der Waals surface area contributed by atoms with Gasteiger partial charge in [0.2, 0.25) is 12.3 Å². The molecule has 0 N–H and O–H groups in total. The van der Waals surface area contributed by atoms with E-state index >= 15 is 0 Å². The molecule has 0 bridgehead atoms. The zero-order chi connectivity index (χ0) is 10.9. The van der Waals surface area contributed by atoms with Gasteiger partial charge in [0.25, 0.3) is 0 Å². The number of likely N-dealkylation sites (tertiary alicyclic amines) is 2. The Bertz CT molecular complexity index is 285. The minimum Gasteiger partial charge on any atom is -0.345 e. The molecular formula is C11H16N2O2. The first-order valence-corrected chi connectivity index (χ1v) is 5.30. The van der Waals surface area contributed by atoms with Crippen LogP contribution in [0.4, 0.5) is 0 Å². The average Bonchev–Trinajstić information content (AvgIpc) is 2.25. The molecular weight excluding hydrogens is 192 g/mol. The van der Waals surface area contributed by atoms with Crippen molar-refractivity contribution in [1.29, 1.82) is 0 Å². The highest BCUT2D eigenvalue weighted by Gasteiger charge is 2.45. The van der Waals surface area contributed by atoms with Gasteiger partial charge in [-0.05, 0) is 18.9 Å². The number of piperidine rings is 1. The van der Waals surface area contributed by atoms with Gasteiger partial charge < -0.3 is 9.80 Å². The van der Waals surface area contributed by atoms with Crippen LogP contribution in [-0.4, -0.2) is 48.3 Å². The van der Waals surface area contributed by atoms with Crippen LogP contribution in [0.3, 0.4) is 0 Å². The number of nitrogens with zero attached hydrogens (tertiary/aromatic N) is 2. The molecule has 15 heavy (non-hydrogen) atoms. The van der Waals surface area contributed by atoms with Crippen molar-refractivity contribution in [3.63, 3.8) is 0 Å². The van der Waals surface area contributed by atoms with Crippen molar-refractivity contribution < 1.29 is 9.59 Å². The maximum atomic E-state index is 11.3. The van der Waals surface area contributed by atoms with Crippen molar-refractivity contribution in [2.45, 2.75) is 12.8 Å². The quantitative estimate of drug-likeness (QED) is 0.482. The second-order valence-corrected chi connectivity index (χ2v) is 4.54. The summed E-state index contributed by atoms with van der Waals surface area (Å²) in [5.41, 5.74) is 0.290. The maximum Gasteiger partial charge on any atom is 0.245 e. The standard InChI is InChI=1S/C11H16N2O2/c1-2-10(15)13-7-11(8-13)3-5-12(9-14)6-4-11/h2,9H,1,3-8H2. The van der Waals surface area contributed by atoms with E-state index in [0.717, 1.165) is 45.4 Å². The molecule has 2 aliphatic rings. The molecule has 2 fully saturated rings. The van der Waals surface area contributed by atoms with E-state index in [4.69, 9.17) is 0 Å². The summed E-state index contributed by atoms with van der Waals surface area (Å²) in [6.45, 7) is 6.82. The molecule has 2 aliphatic heterocycles. The fourth-order valence-corrected chi connectivity index (χ4v) is 2.47. The van der Waals surface area contributed by atoms with Gasteiger partial charge in [0.1, 0.15) is 0 Å². The Morgan fingerprint density at radius 1 is 1.27 bits per heavy atom. The van der Waals surface area contributed by atoms with Gasteiger partial charge >= 0.3 is 0 Å². The van der Waals surface area contributed by atoms with E-state index in [9.17, 15) is 9.59 Å². The van der Waals surface area contributed by atoms with Gasteiger partial charge in [-0.15, -0.1) is 0 Å². The lowest BCUT2D eigenvalue weighted by atomic mass is 9.72. The van der Waals surface area contributed by atoms with Crippen LogP contribution < -0.4 is 0 Å². The van der Waals surface area contributed by atoms with E-state index in [1.165, 1.54) is 6.08 Å². The van der Waals surface area contributed by atoms with Gasteiger partial charge in [-0.25, -0.2) is 0 Å². The number of hydrogen-bond acceptors (Lipinski definition) is 2. The minimum atomic E-state index is 0.0263.